The third-order valence-corrected chi connectivity index (χ3v) is 8.11. The topological polar surface area (TPSA) is 64.7 Å². The maximum atomic E-state index is 6.57. The summed E-state index contributed by atoms with van der Waals surface area (Å²) in [5, 5.41) is 1.16. The fourth-order valence-corrected chi connectivity index (χ4v) is 6.29. The van der Waals surface area contributed by atoms with Gasteiger partial charge in [-0.2, -0.15) is 0 Å². The Hall–Kier alpha value is -3.27. The second-order valence-corrected chi connectivity index (χ2v) is 10.2. The van der Waals surface area contributed by atoms with Crippen molar-refractivity contribution < 1.29 is 0 Å². The van der Waals surface area contributed by atoms with E-state index in [1.165, 1.54) is 65.7 Å². The summed E-state index contributed by atoms with van der Waals surface area (Å²) in [5.41, 5.74) is 14.9. The lowest BCUT2D eigenvalue weighted by atomic mass is 9.85. The molecule has 0 radical (unpaired) electrons. The number of hydrogen-bond donors (Lipinski definition) is 1. The summed E-state index contributed by atoms with van der Waals surface area (Å²) in [6, 6.07) is 19.6. The van der Waals surface area contributed by atoms with Crippen LogP contribution in [0.25, 0.3) is 22.0 Å². The lowest BCUT2D eigenvalue weighted by molar-refractivity contribution is 0.599. The third-order valence-electron chi connectivity index (χ3n) is 8.11. The van der Waals surface area contributed by atoms with Crippen molar-refractivity contribution in [2.75, 3.05) is 5.73 Å². The number of benzene rings is 2. The average Bonchev–Trinajstić information content (AvgIpc) is 3.57. The van der Waals surface area contributed by atoms with Crippen molar-refractivity contribution in [1.82, 2.24) is 15.0 Å². The van der Waals surface area contributed by atoms with E-state index in [-0.39, 0.29) is 0 Å². The molecule has 0 spiro atoms. The molecule has 6 rings (SSSR count). The smallest absolute Gasteiger partial charge is 0.127 e. The number of nitrogens with zero attached hydrogens (tertiary/aromatic N) is 3. The minimum Gasteiger partial charge on any atom is -0.383 e. The van der Waals surface area contributed by atoms with E-state index in [0.29, 0.717) is 23.6 Å². The van der Waals surface area contributed by atoms with Crippen LogP contribution in [0.2, 0.25) is 0 Å². The predicted octanol–water partition coefficient (Wildman–Crippen LogP) is 7.29. The standard InChI is InChI=1S/C30H32N4/c1-19-7-2-5-10-23(19)21-13-14-27-22(15-21)16-26(30(31)34-27)24-11-6-12-25(24)29-17-28(32-18-33-29)20-8-3-4-9-20/h2,5,7,10,13-18,20,24-25H,3-4,6,8-9,11-12H2,1H3,(H2,31,34). The van der Waals surface area contributed by atoms with Gasteiger partial charge in [0.1, 0.15) is 12.1 Å². The van der Waals surface area contributed by atoms with Gasteiger partial charge in [-0.25, -0.2) is 15.0 Å². The predicted molar refractivity (Wildman–Crippen MR) is 139 cm³/mol. The van der Waals surface area contributed by atoms with Gasteiger partial charge < -0.3 is 5.73 Å². The number of rotatable bonds is 4. The molecule has 34 heavy (non-hydrogen) atoms. The summed E-state index contributed by atoms with van der Waals surface area (Å²) < 4.78 is 0. The highest BCUT2D eigenvalue weighted by atomic mass is 14.9. The number of nitrogens with two attached hydrogens (primary N) is 1. The van der Waals surface area contributed by atoms with Gasteiger partial charge in [0.25, 0.3) is 0 Å². The lowest BCUT2D eigenvalue weighted by Gasteiger charge is -2.22. The molecule has 4 aromatic rings. The van der Waals surface area contributed by atoms with Gasteiger partial charge in [0.2, 0.25) is 0 Å². The van der Waals surface area contributed by atoms with E-state index in [1.54, 1.807) is 6.33 Å². The molecule has 2 aliphatic carbocycles. The number of nitrogen functional groups attached to an aromatic ring is 1. The number of aromatic nitrogens is 3. The van der Waals surface area contributed by atoms with Gasteiger partial charge in [0, 0.05) is 28.6 Å². The largest absolute Gasteiger partial charge is 0.383 e. The molecule has 2 saturated carbocycles. The Kier molecular flexibility index (Phi) is 5.52. The summed E-state index contributed by atoms with van der Waals surface area (Å²) in [6.07, 6.45) is 10.4. The molecular weight excluding hydrogens is 416 g/mol. The number of fused-ring (bicyclic) bond motifs is 1. The van der Waals surface area contributed by atoms with E-state index in [2.05, 4.69) is 66.5 Å². The highest BCUT2D eigenvalue weighted by Crippen LogP contribution is 2.47. The number of anilines is 1. The second-order valence-electron chi connectivity index (χ2n) is 10.2. The minimum atomic E-state index is 0.352. The molecule has 2 fully saturated rings. The Morgan fingerprint density at radius 1 is 0.794 bits per heavy atom. The van der Waals surface area contributed by atoms with Gasteiger partial charge in [0.15, 0.2) is 0 Å². The van der Waals surface area contributed by atoms with Gasteiger partial charge in [-0.15, -0.1) is 0 Å². The molecule has 0 aliphatic heterocycles. The normalized spacial score (nSPS) is 20.9. The van der Waals surface area contributed by atoms with Crippen LogP contribution < -0.4 is 5.73 Å². The van der Waals surface area contributed by atoms with Crippen molar-refractivity contribution >= 4 is 16.7 Å². The van der Waals surface area contributed by atoms with Gasteiger partial charge in [-0.05, 0) is 85.0 Å². The summed E-state index contributed by atoms with van der Waals surface area (Å²) in [4.78, 5) is 14.2. The summed E-state index contributed by atoms with van der Waals surface area (Å²) in [5.74, 6) is 2.00. The summed E-state index contributed by atoms with van der Waals surface area (Å²) in [6.45, 7) is 2.16. The Balaban J connectivity index is 1.37. The first-order valence-electron chi connectivity index (χ1n) is 12.8. The first kappa shape index (κ1) is 21.3. The van der Waals surface area contributed by atoms with E-state index in [4.69, 9.17) is 15.7 Å². The van der Waals surface area contributed by atoms with Gasteiger partial charge in [0.05, 0.1) is 5.52 Å². The first-order valence-corrected chi connectivity index (χ1v) is 12.8. The Morgan fingerprint density at radius 3 is 2.44 bits per heavy atom. The van der Waals surface area contributed by atoms with Crippen molar-refractivity contribution in [2.45, 2.75) is 69.6 Å². The highest BCUT2D eigenvalue weighted by Gasteiger charge is 2.33. The van der Waals surface area contributed by atoms with Crippen LogP contribution in [0.4, 0.5) is 5.82 Å². The van der Waals surface area contributed by atoms with Crippen molar-refractivity contribution in [3.63, 3.8) is 0 Å². The van der Waals surface area contributed by atoms with Crippen LogP contribution in [0.3, 0.4) is 0 Å². The Bertz CT molecular complexity index is 1340. The zero-order valence-corrected chi connectivity index (χ0v) is 19.9. The first-order chi connectivity index (χ1) is 16.7. The second kappa shape index (κ2) is 8.83. The zero-order chi connectivity index (χ0) is 23.1. The van der Waals surface area contributed by atoms with Crippen LogP contribution >= 0.6 is 0 Å². The van der Waals surface area contributed by atoms with E-state index in [1.807, 2.05) is 0 Å². The van der Waals surface area contributed by atoms with Crippen LogP contribution in [-0.2, 0) is 0 Å². The lowest BCUT2D eigenvalue weighted by Crippen LogP contribution is -2.11. The molecule has 2 aromatic carbocycles. The van der Waals surface area contributed by atoms with E-state index in [0.717, 1.165) is 23.7 Å². The number of pyridine rings is 1. The molecule has 2 aromatic heterocycles. The Morgan fingerprint density at radius 2 is 1.59 bits per heavy atom. The molecule has 2 heterocycles. The fourth-order valence-electron chi connectivity index (χ4n) is 6.29. The molecular formula is C30H32N4. The SMILES string of the molecule is Cc1ccccc1-c1ccc2nc(N)c(C3CCCC3c3cc(C4CCCC4)ncn3)cc2c1. The quantitative estimate of drug-likeness (QED) is 0.356. The van der Waals surface area contributed by atoms with Crippen molar-refractivity contribution in [3.8, 4) is 11.1 Å². The Labute approximate surface area is 201 Å². The highest BCUT2D eigenvalue weighted by molar-refractivity contribution is 5.87. The summed E-state index contributed by atoms with van der Waals surface area (Å²) >= 11 is 0. The van der Waals surface area contributed by atoms with Crippen LogP contribution in [0.5, 0.6) is 0 Å². The molecule has 2 aliphatic rings. The fraction of sp³-hybridized carbons (Fsp3) is 0.367. The van der Waals surface area contributed by atoms with Crippen molar-refractivity contribution in [2.24, 2.45) is 0 Å². The molecule has 0 amide bonds. The summed E-state index contributed by atoms with van der Waals surface area (Å²) in [7, 11) is 0. The van der Waals surface area contributed by atoms with E-state index >= 15 is 0 Å². The number of hydrogen-bond acceptors (Lipinski definition) is 4. The molecule has 4 nitrogen and oxygen atoms in total. The molecule has 4 heteroatoms. The van der Waals surface area contributed by atoms with Crippen LogP contribution in [0, 0.1) is 6.92 Å². The third kappa shape index (κ3) is 3.85. The zero-order valence-electron chi connectivity index (χ0n) is 19.9. The maximum absolute atomic E-state index is 6.57. The van der Waals surface area contributed by atoms with Gasteiger partial charge in [-0.1, -0.05) is 49.6 Å². The van der Waals surface area contributed by atoms with Gasteiger partial charge in [-0.3, -0.25) is 0 Å². The van der Waals surface area contributed by atoms with Crippen LogP contribution in [0.1, 0.15) is 85.2 Å². The maximum Gasteiger partial charge on any atom is 0.127 e. The number of aryl methyl sites for hydroxylation is 1. The molecule has 2 N–H and O–H groups in total. The van der Waals surface area contributed by atoms with Crippen molar-refractivity contribution in [3.05, 3.63) is 83.4 Å². The monoisotopic (exact) mass is 448 g/mol. The molecule has 0 bridgehead atoms. The van der Waals surface area contributed by atoms with Crippen molar-refractivity contribution in [1.29, 1.82) is 0 Å². The molecule has 2 unspecified atom stereocenters. The van der Waals surface area contributed by atoms with Gasteiger partial charge >= 0.3 is 0 Å². The minimum absolute atomic E-state index is 0.352. The van der Waals surface area contributed by atoms with E-state index < -0.39 is 0 Å². The average molecular weight is 449 g/mol. The molecule has 172 valence electrons. The molecule has 0 saturated heterocycles. The van der Waals surface area contributed by atoms with E-state index in [9.17, 15) is 0 Å². The van der Waals surface area contributed by atoms with Crippen LogP contribution in [-0.4, -0.2) is 15.0 Å². The van der Waals surface area contributed by atoms with Crippen LogP contribution in [0.15, 0.2) is 60.9 Å². The molecule has 2 atom stereocenters.